The Bertz CT molecular complexity index is 924. The van der Waals surface area contributed by atoms with Crippen molar-refractivity contribution in [2.75, 3.05) is 39.3 Å². The summed E-state index contributed by atoms with van der Waals surface area (Å²) < 4.78 is 49.1. The van der Waals surface area contributed by atoms with E-state index in [1.807, 2.05) is 14.7 Å². The van der Waals surface area contributed by atoms with Crippen LogP contribution in [0.25, 0.3) is 0 Å². The average Bonchev–Trinajstić information content (AvgIpc) is 3.48. The first-order valence-corrected chi connectivity index (χ1v) is 8.89. The Balaban J connectivity index is 0.000000153. The molecule has 0 spiro atoms. The van der Waals surface area contributed by atoms with E-state index in [-0.39, 0.29) is 17.0 Å². The molecule has 4 aliphatic rings. The van der Waals surface area contributed by atoms with Crippen molar-refractivity contribution in [3.8, 4) is 0 Å². The fourth-order valence-corrected chi connectivity index (χ4v) is 2.97. The van der Waals surface area contributed by atoms with E-state index in [0.29, 0.717) is 23.2 Å². The lowest BCUT2D eigenvalue weighted by atomic mass is 9.95. The van der Waals surface area contributed by atoms with Crippen molar-refractivity contribution in [3.63, 3.8) is 0 Å². The molecule has 0 saturated carbocycles. The molecule has 0 unspecified atom stereocenters. The van der Waals surface area contributed by atoms with Gasteiger partial charge in [0.25, 0.3) is 0 Å². The fourth-order valence-electron chi connectivity index (χ4n) is 2.97. The van der Waals surface area contributed by atoms with Crippen LogP contribution in [0, 0.1) is 23.3 Å². The van der Waals surface area contributed by atoms with Crippen molar-refractivity contribution >= 4 is 24.9 Å². The van der Waals surface area contributed by atoms with E-state index in [0.717, 1.165) is 47.1 Å². The number of rotatable bonds is 3. The van der Waals surface area contributed by atoms with Gasteiger partial charge in [-0.3, -0.25) is 9.59 Å². The summed E-state index contributed by atoms with van der Waals surface area (Å²) >= 11 is 0. The third-order valence-corrected chi connectivity index (χ3v) is 4.77. The van der Waals surface area contributed by atoms with E-state index in [4.69, 9.17) is 0 Å². The predicted octanol–water partition coefficient (Wildman–Crippen LogP) is -0.318. The first-order valence-electron chi connectivity index (χ1n) is 8.89. The van der Waals surface area contributed by atoms with Gasteiger partial charge in [-0.25, -0.2) is 17.6 Å². The van der Waals surface area contributed by atoms with Gasteiger partial charge < -0.3 is 14.7 Å². The zero-order chi connectivity index (χ0) is 20.2. The molecule has 1 aliphatic carbocycles. The summed E-state index contributed by atoms with van der Waals surface area (Å²) in [7, 11) is 1.15. The van der Waals surface area contributed by atoms with Crippen molar-refractivity contribution in [1.29, 1.82) is 0 Å². The monoisotopic (exact) mass is 393 g/mol. The number of carbonyl (C=O) groups is 2. The van der Waals surface area contributed by atoms with Crippen LogP contribution in [0.2, 0.25) is 0 Å². The molecule has 3 saturated heterocycles. The molecule has 5 nitrogen and oxygen atoms in total. The molecule has 0 atom stereocenters. The van der Waals surface area contributed by atoms with Crippen molar-refractivity contribution in [2.45, 2.75) is 0 Å². The molecule has 0 radical (unpaired) electrons. The Labute approximate surface area is 159 Å². The SMILES string of the molecule is Bc1cc(F)c(F)c(F)c1F.O=C1C=C(N2CC2)C(=O)C(N2CC2)=C1N1CC1. The maximum Gasteiger partial charge on any atom is 0.227 e. The number of nitrogens with zero attached hydrogens (tertiary/aromatic N) is 3. The van der Waals surface area contributed by atoms with Crippen LogP contribution in [0.1, 0.15) is 0 Å². The molecule has 28 heavy (non-hydrogen) atoms. The fraction of sp³-hybridized carbons (Fsp3) is 0.333. The number of hydrogen-bond donors (Lipinski definition) is 0. The predicted molar refractivity (Wildman–Crippen MR) is 94.3 cm³/mol. The third kappa shape index (κ3) is 3.38. The lowest BCUT2D eigenvalue weighted by molar-refractivity contribution is -0.117. The Morgan fingerprint density at radius 1 is 0.750 bits per heavy atom. The first kappa shape index (κ1) is 18.6. The number of benzene rings is 1. The molecule has 0 N–H and O–H groups in total. The van der Waals surface area contributed by atoms with Gasteiger partial charge in [-0.1, -0.05) is 0 Å². The highest BCUT2D eigenvalue weighted by Crippen LogP contribution is 2.33. The van der Waals surface area contributed by atoms with Crippen LogP contribution in [0.5, 0.6) is 0 Å². The summed E-state index contributed by atoms with van der Waals surface area (Å²) in [5.41, 5.74) is 1.64. The summed E-state index contributed by atoms with van der Waals surface area (Å²) in [5.74, 6) is -6.20. The minimum Gasteiger partial charge on any atom is -0.365 e. The van der Waals surface area contributed by atoms with E-state index >= 15 is 0 Å². The molecule has 1 aromatic carbocycles. The van der Waals surface area contributed by atoms with Gasteiger partial charge >= 0.3 is 0 Å². The standard InChI is InChI=1S/C12H13N3O2.C6H3BF4/c16-9-7-8(13-1-2-13)12(17)11(15-5-6-15)10(9)14-3-4-14;7-2-1-3(8)5(10)6(11)4(2)9/h7H,1-6H2;1H,7H2. The van der Waals surface area contributed by atoms with Gasteiger partial charge in [-0.2, -0.15) is 0 Å². The van der Waals surface area contributed by atoms with Gasteiger partial charge in [0.1, 0.15) is 19.2 Å². The van der Waals surface area contributed by atoms with Crippen molar-refractivity contribution in [2.24, 2.45) is 0 Å². The van der Waals surface area contributed by atoms with Crippen molar-refractivity contribution in [1.82, 2.24) is 14.7 Å². The van der Waals surface area contributed by atoms with Gasteiger partial charge in [0.15, 0.2) is 23.3 Å². The summed E-state index contributed by atoms with van der Waals surface area (Å²) in [6.45, 7) is 5.41. The van der Waals surface area contributed by atoms with E-state index in [1.54, 1.807) is 0 Å². The second-order valence-corrected chi connectivity index (χ2v) is 7.00. The van der Waals surface area contributed by atoms with E-state index in [2.05, 4.69) is 0 Å². The molecule has 3 heterocycles. The minimum atomic E-state index is -1.77. The molecule has 0 aromatic heterocycles. The highest BCUT2D eigenvalue weighted by molar-refractivity contribution is 6.32. The maximum absolute atomic E-state index is 12.4. The number of hydrogen-bond acceptors (Lipinski definition) is 5. The topological polar surface area (TPSA) is 43.2 Å². The Morgan fingerprint density at radius 2 is 1.29 bits per heavy atom. The molecule has 0 bridgehead atoms. The number of ketones is 2. The molecule has 146 valence electrons. The minimum absolute atomic E-state index is 0.00546. The molecule has 0 amide bonds. The van der Waals surface area contributed by atoms with Crippen LogP contribution < -0.4 is 5.46 Å². The highest BCUT2D eigenvalue weighted by atomic mass is 19.2. The summed E-state index contributed by atoms with van der Waals surface area (Å²) in [6.07, 6.45) is 1.52. The normalized spacial score (nSPS) is 20.1. The molecule has 3 aliphatic heterocycles. The second-order valence-electron chi connectivity index (χ2n) is 7.00. The van der Waals surface area contributed by atoms with Gasteiger partial charge in [0, 0.05) is 45.3 Å². The summed E-state index contributed by atoms with van der Waals surface area (Å²) in [6, 6.07) is 0.605. The third-order valence-electron chi connectivity index (χ3n) is 4.77. The second kappa shape index (κ2) is 6.68. The number of allylic oxidation sites excluding steroid dienone is 1. The van der Waals surface area contributed by atoms with Crippen molar-refractivity contribution < 1.29 is 27.2 Å². The van der Waals surface area contributed by atoms with Gasteiger partial charge in [-0.05, 0) is 11.5 Å². The first-order chi connectivity index (χ1) is 13.3. The zero-order valence-corrected chi connectivity index (χ0v) is 15.1. The number of carbonyl (C=O) groups excluding carboxylic acids is 2. The van der Waals surface area contributed by atoms with Crippen molar-refractivity contribution in [3.05, 3.63) is 52.5 Å². The van der Waals surface area contributed by atoms with Crippen LogP contribution >= 0.6 is 0 Å². The average molecular weight is 393 g/mol. The van der Waals surface area contributed by atoms with Crippen LogP contribution in [0.4, 0.5) is 17.6 Å². The van der Waals surface area contributed by atoms with Crippen LogP contribution in [0.3, 0.4) is 0 Å². The zero-order valence-electron chi connectivity index (χ0n) is 15.1. The number of Topliss-reactive ketones (excluding diaryl/α,β-unsaturated/α-hetero) is 1. The maximum atomic E-state index is 12.4. The van der Waals surface area contributed by atoms with Gasteiger partial charge in [0.2, 0.25) is 11.6 Å². The Morgan fingerprint density at radius 3 is 1.82 bits per heavy atom. The summed E-state index contributed by atoms with van der Waals surface area (Å²) in [4.78, 5) is 30.5. The molecule has 1 aromatic rings. The molecule has 5 rings (SSSR count). The Hall–Kier alpha value is -2.78. The highest BCUT2D eigenvalue weighted by Gasteiger charge is 2.43. The Kier molecular flexibility index (Phi) is 4.43. The quantitative estimate of drug-likeness (QED) is 0.176. The molecule has 3 fully saturated rings. The van der Waals surface area contributed by atoms with E-state index in [1.165, 1.54) is 6.08 Å². The van der Waals surface area contributed by atoms with E-state index in [9.17, 15) is 27.2 Å². The molecular weight excluding hydrogens is 377 g/mol. The molecular formula is C18H16BF4N3O2. The van der Waals surface area contributed by atoms with Gasteiger partial charge in [-0.15, -0.1) is 0 Å². The van der Waals surface area contributed by atoms with Gasteiger partial charge in [0.05, 0.1) is 5.70 Å². The van der Waals surface area contributed by atoms with Crippen LogP contribution in [0.15, 0.2) is 29.2 Å². The molecule has 10 heteroatoms. The van der Waals surface area contributed by atoms with Crippen LogP contribution in [-0.4, -0.2) is 73.4 Å². The number of halogens is 4. The van der Waals surface area contributed by atoms with Crippen LogP contribution in [-0.2, 0) is 9.59 Å². The van der Waals surface area contributed by atoms with E-state index < -0.39 is 23.3 Å². The lowest BCUT2D eigenvalue weighted by Crippen LogP contribution is -2.29. The largest absolute Gasteiger partial charge is 0.365 e. The lowest BCUT2D eigenvalue weighted by Gasteiger charge is -2.21. The summed E-state index contributed by atoms with van der Waals surface area (Å²) in [5, 5.41) is 0. The smallest absolute Gasteiger partial charge is 0.227 e.